The van der Waals surface area contributed by atoms with Crippen LogP contribution < -0.4 is 0 Å². The Morgan fingerprint density at radius 1 is 1.19 bits per heavy atom. The lowest BCUT2D eigenvalue weighted by Crippen LogP contribution is -2.26. The molecule has 0 radical (unpaired) electrons. The first kappa shape index (κ1) is 14.5. The second-order valence-electron chi connectivity index (χ2n) is 5.03. The summed E-state index contributed by atoms with van der Waals surface area (Å²) >= 11 is 3.62. The predicted octanol–water partition coefficient (Wildman–Crippen LogP) is 3.55. The van der Waals surface area contributed by atoms with Crippen molar-refractivity contribution < 1.29 is 8.42 Å². The first-order valence-corrected chi connectivity index (χ1v) is 9.24. The Hall–Kier alpha value is 0.430. The molecule has 0 aliphatic heterocycles. The second kappa shape index (κ2) is 6.39. The monoisotopic (exact) mass is 310 g/mol. The third-order valence-corrected chi connectivity index (χ3v) is 6.78. The lowest BCUT2D eigenvalue weighted by atomic mass is 9.73. The van der Waals surface area contributed by atoms with Crippen molar-refractivity contribution in [2.45, 2.75) is 51.9 Å². The van der Waals surface area contributed by atoms with Gasteiger partial charge < -0.3 is 0 Å². The first-order chi connectivity index (χ1) is 7.54. The van der Waals surface area contributed by atoms with Gasteiger partial charge in [0, 0.05) is 11.1 Å². The fraction of sp³-hybridized carbons (Fsp3) is 1.00. The normalized spacial score (nSPS) is 20.9. The van der Waals surface area contributed by atoms with E-state index >= 15 is 0 Å². The maximum atomic E-state index is 11.4. The van der Waals surface area contributed by atoms with Crippen molar-refractivity contribution in [1.29, 1.82) is 0 Å². The average molecular weight is 311 g/mol. The van der Waals surface area contributed by atoms with Gasteiger partial charge in [-0.05, 0) is 31.1 Å². The molecule has 96 valence electrons. The van der Waals surface area contributed by atoms with E-state index in [2.05, 4.69) is 15.9 Å². The highest BCUT2D eigenvalue weighted by atomic mass is 79.9. The molecule has 1 fully saturated rings. The van der Waals surface area contributed by atoms with Crippen LogP contribution in [0.5, 0.6) is 0 Å². The molecule has 2 nitrogen and oxygen atoms in total. The summed E-state index contributed by atoms with van der Waals surface area (Å²) < 4.78 is 22.8. The van der Waals surface area contributed by atoms with Crippen LogP contribution in [0.15, 0.2) is 0 Å². The van der Waals surface area contributed by atoms with E-state index in [4.69, 9.17) is 0 Å². The molecule has 1 saturated carbocycles. The van der Waals surface area contributed by atoms with Gasteiger partial charge in [-0.2, -0.15) is 0 Å². The molecule has 0 unspecified atom stereocenters. The zero-order chi connectivity index (χ0) is 12.1. The van der Waals surface area contributed by atoms with Crippen LogP contribution in [0.3, 0.4) is 0 Å². The molecule has 0 saturated heterocycles. The Morgan fingerprint density at radius 3 is 2.31 bits per heavy atom. The summed E-state index contributed by atoms with van der Waals surface area (Å²) in [5.41, 5.74) is 0.390. The maximum Gasteiger partial charge on any atom is 0.150 e. The lowest BCUT2D eigenvalue weighted by Gasteiger charge is -2.35. The summed E-state index contributed by atoms with van der Waals surface area (Å²) in [4.78, 5) is 0. The zero-order valence-corrected chi connectivity index (χ0v) is 12.6. The summed E-state index contributed by atoms with van der Waals surface area (Å²) in [6, 6.07) is 0. The number of hydrogen-bond donors (Lipinski definition) is 0. The van der Waals surface area contributed by atoms with Crippen LogP contribution in [0.25, 0.3) is 0 Å². The molecule has 0 spiro atoms. The van der Waals surface area contributed by atoms with Gasteiger partial charge in [-0.1, -0.05) is 42.1 Å². The third-order valence-electron chi connectivity index (χ3n) is 3.80. The summed E-state index contributed by atoms with van der Waals surface area (Å²) in [5, 5.41) is 1.03. The van der Waals surface area contributed by atoms with Crippen LogP contribution in [-0.4, -0.2) is 25.3 Å². The molecule has 0 aromatic heterocycles. The lowest BCUT2D eigenvalue weighted by molar-refractivity contribution is 0.206. The second-order valence-corrected chi connectivity index (χ2v) is 8.07. The van der Waals surface area contributed by atoms with Gasteiger partial charge >= 0.3 is 0 Å². The molecule has 0 aromatic carbocycles. The fourth-order valence-electron chi connectivity index (χ4n) is 2.56. The minimum absolute atomic E-state index is 0.286. The van der Waals surface area contributed by atoms with Crippen molar-refractivity contribution >= 4 is 25.8 Å². The van der Waals surface area contributed by atoms with Gasteiger partial charge in [0.15, 0.2) is 0 Å². The minimum Gasteiger partial charge on any atom is -0.229 e. The Kier molecular flexibility index (Phi) is 5.78. The molecule has 1 aliphatic carbocycles. The molecule has 4 heteroatoms. The van der Waals surface area contributed by atoms with Crippen molar-refractivity contribution in [2.24, 2.45) is 5.41 Å². The standard InChI is InChI=1S/C12H23BrO2S/c1-2-16(14,15)10-6-9-12(11-13)7-4-3-5-8-12/h2-11H2,1H3. The quantitative estimate of drug-likeness (QED) is 0.703. The van der Waals surface area contributed by atoms with Gasteiger partial charge in [0.1, 0.15) is 9.84 Å². The molecular formula is C12H23BrO2S. The molecule has 0 amide bonds. The summed E-state index contributed by atoms with van der Waals surface area (Å²) in [6.07, 6.45) is 8.41. The van der Waals surface area contributed by atoms with Crippen LogP contribution in [0.4, 0.5) is 0 Å². The fourth-order valence-corrected chi connectivity index (χ4v) is 4.28. The number of sulfone groups is 1. The minimum atomic E-state index is -2.77. The summed E-state index contributed by atoms with van der Waals surface area (Å²) in [7, 11) is -2.77. The van der Waals surface area contributed by atoms with E-state index in [9.17, 15) is 8.42 Å². The zero-order valence-electron chi connectivity index (χ0n) is 10.2. The topological polar surface area (TPSA) is 34.1 Å². The van der Waals surface area contributed by atoms with E-state index in [0.717, 1.165) is 18.2 Å². The first-order valence-electron chi connectivity index (χ1n) is 6.30. The summed E-state index contributed by atoms with van der Waals surface area (Å²) in [6.45, 7) is 1.73. The van der Waals surface area contributed by atoms with Gasteiger partial charge in [-0.25, -0.2) is 8.42 Å². The van der Waals surface area contributed by atoms with Crippen LogP contribution in [0.1, 0.15) is 51.9 Å². The van der Waals surface area contributed by atoms with Crippen molar-refractivity contribution in [3.05, 3.63) is 0 Å². The number of hydrogen-bond acceptors (Lipinski definition) is 2. The largest absolute Gasteiger partial charge is 0.229 e. The van der Waals surface area contributed by atoms with Gasteiger partial charge in [0.05, 0.1) is 5.75 Å². The summed E-state index contributed by atoms with van der Waals surface area (Å²) in [5.74, 6) is 0.659. The number of rotatable bonds is 6. The van der Waals surface area contributed by atoms with Crippen LogP contribution in [0, 0.1) is 5.41 Å². The van der Waals surface area contributed by atoms with Crippen LogP contribution in [-0.2, 0) is 9.84 Å². The highest BCUT2D eigenvalue weighted by molar-refractivity contribution is 9.09. The molecule has 0 aromatic rings. The molecule has 0 atom stereocenters. The molecule has 0 heterocycles. The van der Waals surface area contributed by atoms with E-state index < -0.39 is 9.84 Å². The average Bonchev–Trinajstić information content (AvgIpc) is 2.30. The maximum absolute atomic E-state index is 11.4. The Labute approximate surface area is 108 Å². The molecule has 1 rings (SSSR count). The predicted molar refractivity (Wildman–Crippen MR) is 72.9 cm³/mol. The van der Waals surface area contributed by atoms with Gasteiger partial charge in [0.2, 0.25) is 0 Å². The van der Waals surface area contributed by atoms with E-state index in [1.807, 2.05) is 0 Å². The Morgan fingerprint density at radius 2 is 1.81 bits per heavy atom. The number of alkyl halides is 1. The van der Waals surface area contributed by atoms with Crippen molar-refractivity contribution in [2.75, 3.05) is 16.8 Å². The Bertz CT molecular complexity index is 292. The van der Waals surface area contributed by atoms with Crippen molar-refractivity contribution in [3.63, 3.8) is 0 Å². The number of halogens is 1. The van der Waals surface area contributed by atoms with E-state index in [-0.39, 0.29) is 5.75 Å². The van der Waals surface area contributed by atoms with E-state index in [0.29, 0.717) is 11.2 Å². The van der Waals surface area contributed by atoms with Crippen molar-refractivity contribution in [3.8, 4) is 0 Å². The smallest absolute Gasteiger partial charge is 0.150 e. The Balaban J connectivity index is 2.39. The molecule has 16 heavy (non-hydrogen) atoms. The van der Waals surface area contributed by atoms with Crippen molar-refractivity contribution in [1.82, 2.24) is 0 Å². The van der Waals surface area contributed by atoms with Gasteiger partial charge in [-0.15, -0.1) is 0 Å². The highest BCUT2D eigenvalue weighted by Gasteiger charge is 2.30. The molecule has 1 aliphatic rings. The molecular weight excluding hydrogens is 288 g/mol. The molecule has 0 N–H and O–H groups in total. The van der Waals surface area contributed by atoms with Crippen LogP contribution in [0.2, 0.25) is 0 Å². The van der Waals surface area contributed by atoms with E-state index in [1.54, 1.807) is 6.92 Å². The SMILES string of the molecule is CCS(=O)(=O)CCCC1(CBr)CCCCC1. The van der Waals surface area contributed by atoms with E-state index in [1.165, 1.54) is 32.1 Å². The molecule has 0 bridgehead atoms. The van der Waals surface area contributed by atoms with Gasteiger partial charge in [-0.3, -0.25) is 0 Å². The third kappa shape index (κ3) is 4.36. The van der Waals surface area contributed by atoms with Gasteiger partial charge in [0.25, 0.3) is 0 Å². The highest BCUT2D eigenvalue weighted by Crippen LogP contribution is 2.41. The van der Waals surface area contributed by atoms with Crippen LogP contribution >= 0.6 is 15.9 Å².